The van der Waals surface area contributed by atoms with Gasteiger partial charge < -0.3 is 25.5 Å². The number of aromatic amines is 1. The van der Waals surface area contributed by atoms with E-state index in [0.29, 0.717) is 54.1 Å². The van der Waals surface area contributed by atoms with Crippen molar-refractivity contribution < 1.29 is 32.6 Å². The predicted octanol–water partition coefficient (Wildman–Crippen LogP) is 4.52. The number of halogens is 3. The highest BCUT2D eigenvalue weighted by atomic mass is 19.4. The molecule has 2 aromatic heterocycles. The molecule has 2 aliphatic carbocycles. The number of ether oxygens (including phenoxy) is 1. The summed E-state index contributed by atoms with van der Waals surface area (Å²) in [7, 11) is 0. The van der Waals surface area contributed by atoms with E-state index >= 15 is 0 Å². The molecule has 5 rings (SSSR count). The third kappa shape index (κ3) is 6.32. The molecule has 2 saturated carbocycles. The summed E-state index contributed by atoms with van der Waals surface area (Å²) in [5.74, 6) is -0.0339. The Morgan fingerprint density at radius 3 is 2.59 bits per heavy atom. The first kappa shape index (κ1) is 28.8. The number of carbonyl (C=O) groups is 2. The smallest absolute Gasteiger partial charge is 0.416 e. The molecular weight excluding hydrogens is 539 g/mol. The number of aliphatic hydroxyl groups excluding tert-OH is 1. The minimum absolute atomic E-state index is 0.0546. The van der Waals surface area contributed by atoms with Crippen molar-refractivity contribution >= 4 is 22.8 Å². The SMILES string of the molecule is Cc1[nH]c2c(-c3cc(C(F)(F)F)ccc3OCC3CC3)ncnc2c1C(=O)N[C@@H]1CC[C@H](NC(=O)[C@H](C)O)C[C@H]1C. The van der Waals surface area contributed by atoms with Crippen LogP contribution in [0.15, 0.2) is 24.5 Å². The largest absolute Gasteiger partial charge is 0.493 e. The van der Waals surface area contributed by atoms with E-state index in [1.165, 1.54) is 19.3 Å². The number of rotatable bonds is 8. The molecule has 4 N–H and O–H groups in total. The second-order valence-corrected chi connectivity index (χ2v) is 11.3. The Hall–Kier alpha value is -3.67. The molecule has 220 valence electrons. The van der Waals surface area contributed by atoms with Gasteiger partial charge in [-0.1, -0.05) is 6.92 Å². The second-order valence-electron chi connectivity index (χ2n) is 11.3. The highest BCUT2D eigenvalue weighted by Gasteiger charge is 2.34. The van der Waals surface area contributed by atoms with Gasteiger partial charge in [-0.25, -0.2) is 9.97 Å². The van der Waals surface area contributed by atoms with Crippen LogP contribution in [0.1, 0.15) is 67.6 Å². The van der Waals surface area contributed by atoms with Gasteiger partial charge in [-0.2, -0.15) is 13.2 Å². The Kier molecular flexibility index (Phi) is 7.95. The third-order valence-electron chi connectivity index (χ3n) is 7.94. The number of nitrogens with one attached hydrogen (secondary N) is 3. The topological polar surface area (TPSA) is 129 Å². The predicted molar refractivity (Wildman–Crippen MR) is 145 cm³/mol. The van der Waals surface area contributed by atoms with Crippen LogP contribution in [0.2, 0.25) is 0 Å². The number of hydrogen-bond donors (Lipinski definition) is 4. The zero-order chi connectivity index (χ0) is 29.5. The van der Waals surface area contributed by atoms with Crippen LogP contribution in [0.25, 0.3) is 22.3 Å². The van der Waals surface area contributed by atoms with Crippen LogP contribution in [0, 0.1) is 18.8 Å². The van der Waals surface area contributed by atoms with Gasteiger partial charge in [-0.3, -0.25) is 9.59 Å². The summed E-state index contributed by atoms with van der Waals surface area (Å²) in [6, 6.07) is 3.09. The molecule has 0 unspecified atom stereocenters. The molecule has 2 fully saturated rings. The van der Waals surface area contributed by atoms with Gasteiger partial charge >= 0.3 is 6.18 Å². The summed E-state index contributed by atoms with van der Waals surface area (Å²) in [5, 5.41) is 15.4. The van der Waals surface area contributed by atoms with Gasteiger partial charge in [0.25, 0.3) is 5.91 Å². The number of amides is 2. The van der Waals surface area contributed by atoms with Gasteiger partial charge in [0.05, 0.1) is 23.3 Å². The quantitative estimate of drug-likeness (QED) is 0.314. The van der Waals surface area contributed by atoms with Crippen molar-refractivity contribution in [1.82, 2.24) is 25.6 Å². The van der Waals surface area contributed by atoms with Gasteiger partial charge in [0.15, 0.2) is 0 Å². The molecule has 0 saturated heterocycles. The molecule has 4 atom stereocenters. The third-order valence-corrected chi connectivity index (χ3v) is 7.94. The van der Waals surface area contributed by atoms with Crippen molar-refractivity contribution in [3.8, 4) is 17.0 Å². The van der Waals surface area contributed by atoms with E-state index < -0.39 is 23.8 Å². The molecule has 2 aliphatic rings. The number of nitrogens with zero attached hydrogens (tertiary/aromatic N) is 2. The Balaban J connectivity index is 1.41. The van der Waals surface area contributed by atoms with Crippen LogP contribution in [0.3, 0.4) is 0 Å². The molecule has 1 aromatic carbocycles. The molecule has 2 heterocycles. The summed E-state index contributed by atoms with van der Waals surface area (Å²) >= 11 is 0. The minimum Gasteiger partial charge on any atom is -0.493 e. The Morgan fingerprint density at radius 1 is 1.17 bits per heavy atom. The monoisotopic (exact) mass is 573 g/mol. The summed E-state index contributed by atoms with van der Waals surface area (Å²) < 4.78 is 46.8. The summed E-state index contributed by atoms with van der Waals surface area (Å²) in [6.45, 7) is 5.53. The lowest BCUT2D eigenvalue weighted by atomic mass is 9.82. The molecule has 2 amide bonds. The number of alkyl halides is 3. The van der Waals surface area contributed by atoms with E-state index in [-0.39, 0.29) is 40.9 Å². The maximum atomic E-state index is 13.6. The van der Waals surface area contributed by atoms with Crippen LogP contribution >= 0.6 is 0 Å². The Labute approximate surface area is 235 Å². The maximum absolute atomic E-state index is 13.6. The standard InChI is InChI=1S/C29H34F3N5O4/c1-14-10-19(36-27(39)16(3)38)7-8-21(14)37-28(40)23-15(2)35-26-24(33-13-34-25(23)26)20-11-18(29(30,31)32)6-9-22(20)41-12-17-4-5-17/h6,9,11,13-14,16-17,19,21,35,38H,4-5,7-8,10,12H2,1-3H3,(H,36,39)(H,37,40)/t14-,16+,19+,21-/m1/s1. The fourth-order valence-electron chi connectivity index (χ4n) is 5.42. The van der Waals surface area contributed by atoms with Crippen LogP contribution in [-0.2, 0) is 11.0 Å². The number of H-pyrrole nitrogens is 1. The van der Waals surface area contributed by atoms with Crippen molar-refractivity contribution in [2.45, 2.75) is 77.2 Å². The molecule has 3 aromatic rings. The Bertz CT molecular complexity index is 1450. The summed E-state index contributed by atoms with van der Waals surface area (Å²) in [4.78, 5) is 37.2. The number of hydrogen-bond acceptors (Lipinski definition) is 6. The van der Waals surface area contributed by atoms with Crippen molar-refractivity contribution in [3.05, 3.63) is 41.3 Å². The van der Waals surface area contributed by atoms with Crippen LogP contribution in [-0.4, -0.2) is 56.7 Å². The van der Waals surface area contributed by atoms with E-state index in [2.05, 4.69) is 25.6 Å². The number of aryl methyl sites for hydroxylation is 1. The summed E-state index contributed by atoms with van der Waals surface area (Å²) in [6.07, 6.45) is -0.431. The van der Waals surface area contributed by atoms with Gasteiger partial charge in [0.2, 0.25) is 5.91 Å². The van der Waals surface area contributed by atoms with E-state index in [0.717, 1.165) is 25.0 Å². The molecule has 0 bridgehead atoms. The number of benzene rings is 1. The number of aromatic nitrogens is 3. The molecule has 0 aliphatic heterocycles. The lowest BCUT2D eigenvalue weighted by Crippen LogP contribution is -2.49. The molecule has 9 nitrogen and oxygen atoms in total. The van der Waals surface area contributed by atoms with Crippen molar-refractivity contribution in [3.63, 3.8) is 0 Å². The maximum Gasteiger partial charge on any atom is 0.416 e. The van der Waals surface area contributed by atoms with Crippen molar-refractivity contribution in [2.75, 3.05) is 6.61 Å². The molecular formula is C29H34F3N5O4. The Morgan fingerprint density at radius 2 is 1.93 bits per heavy atom. The van der Waals surface area contributed by atoms with Crippen LogP contribution in [0.5, 0.6) is 5.75 Å². The number of aliphatic hydroxyl groups is 1. The molecule has 0 radical (unpaired) electrons. The normalized spacial score (nSPS) is 21.9. The van der Waals surface area contributed by atoms with Gasteiger partial charge in [-0.15, -0.1) is 0 Å². The number of fused-ring (bicyclic) bond motifs is 1. The zero-order valence-electron chi connectivity index (χ0n) is 23.1. The molecule has 12 heteroatoms. The van der Waals surface area contributed by atoms with Gasteiger partial charge in [0.1, 0.15) is 29.4 Å². The lowest BCUT2D eigenvalue weighted by molar-refractivity contribution is -0.137. The zero-order valence-corrected chi connectivity index (χ0v) is 23.1. The van der Waals surface area contributed by atoms with Crippen LogP contribution < -0.4 is 15.4 Å². The van der Waals surface area contributed by atoms with E-state index in [1.54, 1.807) is 6.92 Å². The highest BCUT2D eigenvalue weighted by molar-refractivity contribution is 6.09. The lowest BCUT2D eigenvalue weighted by Gasteiger charge is -2.35. The van der Waals surface area contributed by atoms with Crippen molar-refractivity contribution in [1.29, 1.82) is 0 Å². The fraction of sp³-hybridized carbons (Fsp3) is 0.517. The average Bonchev–Trinajstić information content (AvgIpc) is 3.67. The minimum atomic E-state index is -4.55. The summed E-state index contributed by atoms with van der Waals surface area (Å²) in [5.41, 5.74) is 1.03. The highest BCUT2D eigenvalue weighted by Crippen LogP contribution is 2.40. The first-order valence-electron chi connectivity index (χ1n) is 13.9. The average molecular weight is 574 g/mol. The van der Waals surface area contributed by atoms with E-state index in [4.69, 9.17) is 4.74 Å². The van der Waals surface area contributed by atoms with Crippen LogP contribution in [0.4, 0.5) is 13.2 Å². The first-order valence-corrected chi connectivity index (χ1v) is 13.9. The van der Waals surface area contributed by atoms with Gasteiger partial charge in [-0.05, 0) is 76.0 Å². The second kappa shape index (κ2) is 11.3. The van der Waals surface area contributed by atoms with Crippen molar-refractivity contribution in [2.24, 2.45) is 11.8 Å². The first-order chi connectivity index (χ1) is 19.4. The molecule has 0 spiro atoms. The van der Waals surface area contributed by atoms with E-state index in [1.807, 2.05) is 6.92 Å². The molecule has 41 heavy (non-hydrogen) atoms. The number of carbonyl (C=O) groups excluding carboxylic acids is 2. The van der Waals surface area contributed by atoms with E-state index in [9.17, 15) is 27.9 Å². The van der Waals surface area contributed by atoms with Gasteiger partial charge in [0, 0.05) is 23.3 Å². The fourth-order valence-corrected chi connectivity index (χ4v) is 5.42.